The van der Waals surface area contributed by atoms with Crippen LogP contribution in [0.2, 0.25) is 0 Å². The summed E-state index contributed by atoms with van der Waals surface area (Å²) in [5, 5.41) is 19.8. The molecule has 1 fully saturated rings. The van der Waals surface area contributed by atoms with Crippen LogP contribution < -0.4 is 0 Å². The fourth-order valence-electron chi connectivity index (χ4n) is 3.42. The van der Waals surface area contributed by atoms with Crippen LogP contribution in [-0.4, -0.2) is 46.6 Å². The molecule has 5 nitrogen and oxygen atoms in total. The Labute approximate surface area is 124 Å². The number of allylic oxidation sites excluding steroid dienone is 2. The predicted octanol–water partition coefficient (Wildman–Crippen LogP) is 1.15. The Kier molecular flexibility index (Phi) is 3.39. The Hall–Kier alpha value is -1.64. The molecule has 3 aliphatic rings. The van der Waals surface area contributed by atoms with Crippen LogP contribution in [0, 0.1) is 17.2 Å². The van der Waals surface area contributed by atoms with Gasteiger partial charge in [0.2, 0.25) is 0 Å². The lowest BCUT2D eigenvalue weighted by Gasteiger charge is -2.46. The minimum absolute atomic E-state index is 0.235. The molecule has 0 spiro atoms. The van der Waals surface area contributed by atoms with Crippen molar-refractivity contribution in [3.05, 3.63) is 23.5 Å². The van der Waals surface area contributed by atoms with Crippen LogP contribution >= 0.6 is 0 Å². The number of likely N-dealkylation sites (tertiary alicyclic amines) is 1. The number of rotatable bonds is 1. The fraction of sp³-hybridized carbons (Fsp3) is 0.625. The standard InChI is InChI=1S/C16H20N2O3/c1-16(2)15(20)13(18-7-3-4-8-18)12-11(21-16)6-5-10(9-17)14(12)19/h5-6,10,13,15,20H,3-4,7-8H2,1-2H3/t10?,13-,15+/m0/s1. The van der Waals surface area contributed by atoms with Crippen molar-refractivity contribution < 1.29 is 14.6 Å². The summed E-state index contributed by atoms with van der Waals surface area (Å²) in [7, 11) is 0. The van der Waals surface area contributed by atoms with Gasteiger partial charge in [-0.3, -0.25) is 9.69 Å². The lowest BCUT2D eigenvalue weighted by Crippen LogP contribution is -2.58. The third kappa shape index (κ3) is 2.19. The molecule has 0 bridgehead atoms. The first kappa shape index (κ1) is 14.3. The van der Waals surface area contributed by atoms with Gasteiger partial charge in [0.1, 0.15) is 23.4 Å². The quantitative estimate of drug-likeness (QED) is 0.783. The predicted molar refractivity (Wildman–Crippen MR) is 76.0 cm³/mol. The molecule has 0 saturated carbocycles. The van der Waals surface area contributed by atoms with Crippen LogP contribution in [0.3, 0.4) is 0 Å². The first-order valence-corrected chi connectivity index (χ1v) is 7.43. The van der Waals surface area contributed by atoms with E-state index in [2.05, 4.69) is 4.90 Å². The second-order valence-electron chi connectivity index (χ2n) is 6.45. The molecule has 1 saturated heterocycles. The third-order valence-corrected chi connectivity index (χ3v) is 4.61. The molecular weight excluding hydrogens is 268 g/mol. The van der Waals surface area contributed by atoms with Gasteiger partial charge in [0.05, 0.1) is 17.7 Å². The van der Waals surface area contributed by atoms with Crippen molar-refractivity contribution in [2.75, 3.05) is 13.1 Å². The summed E-state index contributed by atoms with van der Waals surface area (Å²) in [5.41, 5.74) is -0.284. The summed E-state index contributed by atoms with van der Waals surface area (Å²) in [6.07, 6.45) is 4.64. The number of carbonyl (C=O) groups is 1. The van der Waals surface area contributed by atoms with Gasteiger partial charge in [-0.2, -0.15) is 5.26 Å². The van der Waals surface area contributed by atoms with Gasteiger partial charge in [0.15, 0.2) is 5.78 Å². The summed E-state index contributed by atoms with van der Waals surface area (Å²) < 4.78 is 5.83. The number of nitriles is 1. The minimum Gasteiger partial charge on any atom is -0.485 e. The first-order chi connectivity index (χ1) is 9.95. The number of hydrogen-bond acceptors (Lipinski definition) is 5. The van der Waals surface area contributed by atoms with Crippen LogP contribution in [0.4, 0.5) is 0 Å². The van der Waals surface area contributed by atoms with Crippen LogP contribution in [0.1, 0.15) is 26.7 Å². The number of ether oxygens (including phenoxy) is 1. The number of Topliss-reactive ketones (excluding diaryl/α,β-unsaturated/α-hetero) is 1. The molecule has 3 rings (SSSR count). The second kappa shape index (κ2) is 4.97. The highest BCUT2D eigenvalue weighted by Crippen LogP contribution is 2.39. The average Bonchev–Trinajstić information content (AvgIpc) is 2.95. The topological polar surface area (TPSA) is 73.6 Å². The Balaban J connectivity index is 2.07. The van der Waals surface area contributed by atoms with Crippen molar-refractivity contribution >= 4 is 5.78 Å². The highest BCUT2D eigenvalue weighted by atomic mass is 16.5. The van der Waals surface area contributed by atoms with Crippen molar-refractivity contribution in [3.63, 3.8) is 0 Å². The molecule has 2 aliphatic heterocycles. The lowest BCUT2D eigenvalue weighted by atomic mass is 9.79. The lowest BCUT2D eigenvalue weighted by molar-refractivity contribution is -0.129. The van der Waals surface area contributed by atoms with E-state index in [4.69, 9.17) is 10.00 Å². The summed E-state index contributed by atoms with van der Waals surface area (Å²) in [4.78, 5) is 14.7. The van der Waals surface area contributed by atoms with E-state index < -0.39 is 17.6 Å². The molecule has 0 amide bonds. The zero-order chi connectivity index (χ0) is 15.2. The van der Waals surface area contributed by atoms with Gasteiger partial charge < -0.3 is 9.84 Å². The van der Waals surface area contributed by atoms with Gasteiger partial charge in [-0.1, -0.05) is 6.08 Å². The third-order valence-electron chi connectivity index (χ3n) is 4.61. The average molecular weight is 288 g/mol. The van der Waals surface area contributed by atoms with Crippen molar-refractivity contribution in [1.82, 2.24) is 4.90 Å². The molecule has 21 heavy (non-hydrogen) atoms. The Morgan fingerprint density at radius 2 is 2.10 bits per heavy atom. The highest BCUT2D eigenvalue weighted by Gasteiger charge is 2.50. The monoisotopic (exact) mass is 288 g/mol. The molecule has 0 aromatic rings. The molecule has 0 aromatic carbocycles. The Bertz CT molecular complexity index is 565. The zero-order valence-corrected chi connectivity index (χ0v) is 12.4. The fourth-order valence-corrected chi connectivity index (χ4v) is 3.42. The molecule has 1 N–H and O–H groups in total. The number of aliphatic hydroxyl groups is 1. The van der Waals surface area contributed by atoms with Gasteiger partial charge in [-0.05, 0) is 45.9 Å². The van der Waals surface area contributed by atoms with E-state index >= 15 is 0 Å². The van der Waals surface area contributed by atoms with E-state index in [1.807, 2.05) is 19.9 Å². The summed E-state index contributed by atoms with van der Waals surface area (Å²) >= 11 is 0. The van der Waals surface area contributed by atoms with E-state index in [0.29, 0.717) is 11.3 Å². The maximum atomic E-state index is 12.6. The smallest absolute Gasteiger partial charge is 0.185 e. The number of carbonyl (C=O) groups excluding carboxylic acids is 1. The van der Waals surface area contributed by atoms with Crippen LogP contribution in [0.25, 0.3) is 0 Å². The summed E-state index contributed by atoms with van der Waals surface area (Å²) in [6.45, 7) is 5.39. The maximum absolute atomic E-state index is 12.6. The molecule has 5 heteroatoms. The van der Waals surface area contributed by atoms with Gasteiger partial charge in [0.25, 0.3) is 0 Å². The van der Waals surface area contributed by atoms with Crippen LogP contribution in [0.5, 0.6) is 0 Å². The van der Waals surface area contributed by atoms with E-state index in [0.717, 1.165) is 25.9 Å². The van der Waals surface area contributed by atoms with Gasteiger partial charge in [-0.15, -0.1) is 0 Å². The molecule has 0 aromatic heterocycles. The van der Waals surface area contributed by atoms with Crippen LogP contribution in [-0.2, 0) is 9.53 Å². The number of aliphatic hydroxyl groups excluding tert-OH is 1. The largest absolute Gasteiger partial charge is 0.485 e. The first-order valence-electron chi connectivity index (χ1n) is 7.43. The molecule has 1 aliphatic carbocycles. The number of ketones is 1. The molecule has 3 atom stereocenters. The zero-order valence-electron chi connectivity index (χ0n) is 12.4. The maximum Gasteiger partial charge on any atom is 0.185 e. The van der Waals surface area contributed by atoms with Crippen molar-refractivity contribution in [2.24, 2.45) is 5.92 Å². The highest BCUT2D eigenvalue weighted by molar-refractivity contribution is 6.03. The van der Waals surface area contributed by atoms with Crippen molar-refractivity contribution in [2.45, 2.75) is 44.4 Å². The minimum atomic E-state index is -0.788. The second-order valence-corrected chi connectivity index (χ2v) is 6.45. The van der Waals surface area contributed by atoms with Gasteiger partial charge >= 0.3 is 0 Å². The SMILES string of the molecule is CC1(C)OC2=C(C(=O)C(C#N)C=C2)[C@H](N2CCCC2)[C@H]1O. The molecule has 112 valence electrons. The van der Waals surface area contributed by atoms with Crippen molar-refractivity contribution in [1.29, 1.82) is 5.26 Å². The summed E-state index contributed by atoms with van der Waals surface area (Å²) in [6, 6.07) is 1.63. The normalized spacial score (nSPS) is 35.3. The number of hydrogen-bond donors (Lipinski definition) is 1. The molecule has 0 radical (unpaired) electrons. The molecular formula is C16H20N2O3. The van der Waals surface area contributed by atoms with Crippen LogP contribution in [0.15, 0.2) is 23.5 Å². The molecule has 1 unspecified atom stereocenters. The Morgan fingerprint density at radius 3 is 2.71 bits per heavy atom. The summed E-state index contributed by atoms with van der Waals surface area (Å²) in [5.74, 6) is -0.494. The van der Waals surface area contributed by atoms with E-state index in [-0.39, 0.29) is 11.8 Å². The van der Waals surface area contributed by atoms with Crippen molar-refractivity contribution in [3.8, 4) is 6.07 Å². The molecule has 2 heterocycles. The van der Waals surface area contributed by atoms with E-state index in [1.54, 1.807) is 12.2 Å². The van der Waals surface area contributed by atoms with E-state index in [1.165, 1.54) is 0 Å². The Morgan fingerprint density at radius 1 is 1.43 bits per heavy atom. The van der Waals surface area contributed by atoms with E-state index in [9.17, 15) is 9.90 Å². The number of nitrogens with zero attached hydrogens (tertiary/aromatic N) is 2. The van der Waals surface area contributed by atoms with Gasteiger partial charge in [-0.25, -0.2) is 0 Å². The van der Waals surface area contributed by atoms with Gasteiger partial charge in [0, 0.05) is 0 Å².